The molecular formula is C14H20FNO. The number of halogens is 1. The van der Waals surface area contributed by atoms with Crippen LogP contribution in [0.1, 0.15) is 31.7 Å². The first-order valence-corrected chi connectivity index (χ1v) is 6.37. The molecule has 2 atom stereocenters. The van der Waals surface area contributed by atoms with Gasteiger partial charge in [0.15, 0.2) is 0 Å². The van der Waals surface area contributed by atoms with Crippen LogP contribution in [0.3, 0.4) is 0 Å². The molecule has 1 heterocycles. The van der Waals surface area contributed by atoms with Gasteiger partial charge in [-0.05, 0) is 37.0 Å². The van der Waals surface area contributed by atoms with E-state index in [-0.39, 0.29) is 5.82 Å². The molecule has 2 nitrogen and oxygen atoms in total. The highest BCUT2D eigenvalue weighted by atomic mass is 19.1. The zero-order chi connectivity index (χ0) is 12.1. The molecule has 0 saturated carbocycles. The van der Waals surface area contributed by atoms with E-state index < -0.39 is 0 Å². The molecule has 0 aliphatic carbocycles. The van der Waals surface area contributed by atoms with Crippen LogP contribution in [0.15, 0.2) is 24.3 Å². The Kier molecular flexibility index (Phi) is 4.51. The molecule has 0 aromatic heterocycles. The highest BCUT2D eigenvalue weighted by molar-refractivity contribution is 5.15. The highest BCUT2D eigenvalue weighted by Gasteiger charge is 2.20. The van der Waals surface area contributed by atoms with E-state index in [9.17, 15) is 4.39 Å². The van der Waals surface area contributed by atoms with Crippen molar-refractivity contribution in [3.8, 4) is 0 Å². The highest BCUT2D eigenvalue weighted by Crippen LogP contribution is 2.16. The average Bonchev–Trinajstić information content (AvgIpc) is 2.38. The monoisotopic (exact) mass is 237 g/mol. The molecule has 3 heteroatoms. The summed E-state index contributed by atoms with van der Waals surface area (Å²) in [7, 11) is 0. The minimum absolute atomic E-state index is 0.175. The summed E-state index contributed by atoms with van der Waals surface area (Å²) < 4.78 is 18.4. The summed E-state index contributed by atoms with van der Waals surface area (Å²) in [6.07, 6.45) is 3.62. The van der Waals surface area contributed by atoms with Crippen LogP contribution < -0.4 is 5.32 Å². The van der Waals surface area contributed by atoms with Gasteiger partial charge in [-0.2, -0.15) is 0 Å². The molecule has 1 saturated heterocycles. The normalized spacial score (nSPS) is 24.8. The fraction of sp³-hybridized carbons (Fsp3) is 0.571. The first-order valence-electron chi connectivity index (χ1n) is 6.37. The quantitative estimate of drug-likeness (QED) is 0.869. The molecule has 94 valence electrons. The summed E-state index contributed by atoms with van der Waals surface area (Å²) in [6.45, 7) is 3.81. The molecule has 1 aliphatic rings. The predicted octanol–water partition coefficient (Wildman–Crippen LogP) is 2.87. The molecule has 2 unspecified atom stereocenters. The van der Waals surface area contributed by atoms with Crippen LogP contribution >= 0.6 is 0 Å². The van der Waals surface area contributed by atoms with Crippen LogP contribution in [-0.2, 0) is 11.3 Å². The topological polar surface area (TPSA) is 21.3 Å². The predicted molar refractivity (Wildman–Crippen MR) is 66.3 cm³/mol. The van der Waals surface area contributed by atoms with E-state index in [2.05, 4.69) is 12.2 Å². The molecule has 1 aromatic rings. The summed E-state index contributed by atoms with van der Waals surface area (Å²) >= 11 is 0. The van der Waals surface area contributed by atoms with E-state index in [0.29, 0.717) is 12.1 Å². The molecule has 0 radical (unpaired) electrons. The lowest BCUT2D eigenvalue weighted by Gasteiger charge is -2.29. The second-order valence-electron chi connectivity index (χ2n) is 4.63. The Balaban J connectivity index is 1.79. The van der Waals surface area contributed by atoms with E-state index in [1.807, 2.05) is 12.1 Å². The number of nitrogens with one attached hydrogen (secondary N) is 1. The minimum atomic E-state index is -0.175. The van der Waals surface area contributed by atoms with Crippen LogP contribution in [0.25, 0.3) is 0 Å². The Morgan fingerprint density at radius 2 is 2.12 bits per heavy atom. The van der Waals surface area contributed by atoms with Gasteiger partial charge in [-0.1, -0.05) is 19.1 Å². The van der Waals surface area contributed by atoms with Gasteiger partial charge in [0.1, 0.15) is 5.82 Å². The third kappa shape index (κ3) is 3.79. The van der Waals surface area contributed by atoms with Crippen LogP contribution in [0.4, 0.5) is 4.39 Å². The maximum absolute atomic E-state index is 12.7. The van der Waals surface area contributed by atoms with Gasteiger partial charge in [0.2, 0.25) is 0 Å². The van der Waals surface area contributed by atoms with Gasteiger partial charge in [0.25, 0.3) is 0 Å². The summed E-state index contributed by atoms with van der Waals surface area (Å²) in [5.41, 5.74) is 1.13. The summed E-state index contributed by atoms with van der Waals surface area (Å²) in [5.74, 6) is -0.175. The Morgan fingerprint density at radius 1 is 1.35 bits per heavy atom. The fourth-order valence-corrected chi connectivity index (χ4v) is 2.21. The van der Waals surface area contributed by atoms with Crippen molar-refractivity contribution in [2.24, 2.45) is 0 Å². The molecular weight excluding hydrogens is 217 g/mol. The maximum Gasteiger partial charge on any atom is 0.123 e. The smallest absolute Gasteiger partial charge is 0.123 e. The standard InChI is InChI=1S/C14H20FNO/c1-2-14-9-13(7-8-17-14)16-10-11-3-5-12(15)6-4-11/h3-6,13-14,16H,2,7-10H2,1H3. The number of rotatable bonds is 4. The largest absolute Gasteiger partial charge is 0.378 e. The molecule has 17 heavy (non-hydrogen) atoms. The SMILES string of the molecule is CCC1CC(NCc2ccc(F)cc2)CCO1. The molecule has 1 fully saturated rings. The fourth-order valence-electron chi connectivity index (χ4n) is 2.21. The Morgan fingerprint density at radius 3 is 2.82 bits per heavy atom. The third-order valence-corrected chi connectivity index (χ3v) is 3.33. The lowest BCUT2D eigenvalue weighted by Crippen LogP contribution is -2.38. The van der Waals surface area contributed by atoms with Crippen LogP contribution in [0.2, 0.25) is 0 Å². The van der Waals surface area contributed by atoms with E-state index in [0.717, 1.165) is 38.0 Å². The number of ether oxygens (including phenoxy) is 1. The average molecular weight is 237 g/mol. The Labute approximate surface area is 102 Å². The Hall–Kier alpha value is -0.930. The molecule has 1 aliphatic heterocycles. The zero-order valence-electron chi connectivity index (χ0n) is 10.3. The van der Waals surface area contributed by atoms with Crippen LogP contribution in [0, 0.1) is 5.82 Å². The van der Waals surface area contributed by atoms with Gasteiger partial charge in [0, 0.05) is 19.2 Å². The third-order valence-electron chi connectivity index (χ3n) is 3.33. The summed E-state index contributed by atoms with van der Waals surface area (Å²) in [6, 6.07) is 7.21. The molecule has 1 aromatic carbocycles. The molecule has 0 spiro atoms. The number of hydrogen-bond donors (Lipinski definition) is 1. The van der Waals surface area contributed by atoms with E-state index in [1.165, 1.54) is 12.1 Å². The van der Waals surface area contributed by atoms with Gasteiger partial charge in [-0.25, -0.2) is 4.39 Å². The first-order chi connectivity index (χ1) is 8.28. The van der Waals surface area contributed by atoms with Gasteiger partial charge in [-0.15, -0.1) is 0 Å². The molecule has 1 N–H and O–H groups in total. The maximum atomic E-state index is 12.7. The lowest BCUT2D eigenvalue weighted by atomic mass is 10.0. The van der Waals surface area contributed by atoms with E-state index >= 15 is 0 Å². The van der Waals surface area contributed by atoms with Crippen molar-refractivity contribution >= 4 is 0 Å². The van der Waals surface area contributed by atoms with Gasteiger partial charge in [-0.3, -0.25) is 0 Å². The second-order valence-corrected chi connectivity index (χ2v) is 4.63. The molecule has 0 bridgehead atoms. The van der Waals surface area contributed by atoms with Crippen molar-refractivity contribution < 1.29 is 9.13 Å². The molecule has 2 rings (SSSR count). The van der Waals surface area contributed by atoms with Crippen molar-refractivity contribution in [2.45, 2.75) is 44.9 Å². The van der Waals surface area contributed by atoms with Gasteiger partial charge in [0.05, 0.1) is 6.10 Å². The van der Waals surface area contributed by atoms with Crippen molar-refractivity contribution in [3.63, 3.8) is 0 Å². The van der Waals surface area contributed by atoms with Gasteiger partial charge < -0.3 is 10.1 Å². The van der Waals surface area contributed by atoms with Crippen molar-refractivity contribution in [3.05, 3.63) is 35.6 Å². The lowest BCUT2D eigenvalue weighted by molar-refractivity contribution is -0.000318. The second kappa shape index (κ2) is 6.12. The Bertz CT molecular complexity index is 339. The van der Waals surface area contributed by atoms with Crippen LogP contribution in [0.5, 0.6) is 0 Å². The van der Waals surface area contributed by atoms with Crippen molar-refractivity contribution in [1.82, 2.24) is 5.32 Å². The van der Waals surface area contributed by atoms with E-state index in [1.54, 1.807) is 0 Å². The summed E-state index contributed by atoms with van der Waals surface area (Å²) in [5, 5.41) is 3.52. The first kappa shape index (κ1) is 12.5. The summed E-state index contributed by atoms with van der Waals surface area (Å²) in [4.78, 5) is 0. The number of benzene rings is 1. The zero-order valence-corrected chi connectivity index (χ0v) is 10.3. The number of hydrogen-bond acceptors (Lipinski definition) is 2. The van der Waals surface area contributed by atoms with Crippen LogP contribution in [-0.4, -0.2) is 18.8 Å². The molecule has 0 amide bonds. The van der Waals surface area contributed by atoms with Crippen molar-refractivity contribution in [1.29, 1.82) is 0 Å². The van der Waals surface area contributed by atoms with E-state index in [4.69, 9.17) is 4.74 Å². The van der Waals surface area contributed by atoms with Crippen molar-refractivity contribution in [2.75, 3.05) is 6.61 Å². The van der Waals surface area contributed by atoms with Gasteiger partial charge >= 0.3 is 0 Å². The minimum Gasteiger partial charge on any atom is -0.378 e.